The van der Waals surface area contributed by atoms with Crippen molar-refractivity contribution in [2.45, 2.75) is 18.5 Å². The Balaban J connectivity index is 1.55. The first kappa shape index (κ1) is 21.3. The third kappa shape index (κ3) is 5.80. The van der Waals surface area contributed by atoms with Crippen LogP contribution in [0.25, 0.3) is 5.69 Å². The minimum absolute atomic E-state index is 0.113. The molecule has 0 radical (unpaired) electrons. The van der Waals surface area contributed by atoms with Crippen LogP contribution in [0.1, 0.15) is 18.9 Å². The molecule has 3 rings (SSSR count). The first-order valence-corrected chi connectivity index (χ1v) is 10.3. The van der Waals surface area contributed by atoms with Crippen molar-refractivity contribution in [1.29, 1.82) is 0 Å². The van der Waals surface area contributed by atoms with E-state index in [1.54, 1.807) is 18.0 Å². The number of ether oxygens (including phenoxy) is 2. The van der Waals surface area contributed by atoms with Gasteiger partial charge in [-0.05, 0) is 53.2 Å². The highest BCUT2D eigenvalue weighted by Gasteiger charge is 2.11. The van der Waals surface area contributed by atoms with Crippen LogP contribution < -0.4 is 14.9 Å². The highest BCUT2D eigenvalue weighted by atomic mass is 32.2. The smallest absolute Gasteiger partial charge is 0.250 e. The molecule has 0 unspecified atom stereocenters. The summed E-state index contributed by atoms with van der Waals surface area (Å²) < 4.78 is 12.4. The van der Waals surface area contributed by atoms with Crippen molar-refractivity contribution in [2.24, 2.45) is 5.10 Å². The summed E-state index contributed by atoms with van der Waals surface area (Å²) in [6.07, 6.45) is 2.48. The lowest BCUT2D eigenvalue weighted by Crippen LogP contribution is -2.20. The molecule has 0 spiro atoms. The molecule has 1 aromatic heterocycles. The summed E-state index contributed by atoms with van der Waals surface area (Å²) in [6.45, 7) is 2.66. The van der Waals surface area contributed by atoms with E-state index in [1.807, 2.05) is 55.5 Å². The number of rotatable bonds is 10. The molecule has 0 aliphatic rings. The van der Waals surface area contributed by atoms with E-state index in [4.69, 9.17) is 9.47 Å². The Morgan fingerprint density at radius 1 is 1.23 bits per heavy atom. The third-order valence-electron chi connectivity index (χ3n) is 3.86. The standard InChI is InChI=1S/C20H22N6O3S/c1-3-12-29-18-7-5-4-6-15(18)13-21-22-19(27)14-30-20-23-24-25-26(20)16-8-10-17(28-2)11-9-16/h4-11,13H,3,12,14H2,1-2H3,(H,22,27)/b21-13-. The summed E-state index contributed by atoms with van der Waals surface area (Å²) in [4.78, 5) is 12.1. The van der Waals surface area contributed by atoms with Crippen LogP contribution in [0.3, 0.4) is 0 Å². The summed E-state index contributed by atoms with van der Waals surface area (Å²) in [5.74, 6) is 1.31. The van der Waals surface area contributed by atoms with Gasteiger partial charge in [0.05, 0.1) is 31.4 Å². The van der Waals surface area contributed by atoms with Gasteiger partial charge in [0.2, 0.25) is 5.16 Å². The van der Waals surface area contributed by atoms with Gasteiger partial charge in [0, 0.05) is 5.56 Å². The highest BCUT2D eigenvalue weighted by molar-refractivity contribution is 7.99. The van der Waals surface area contributed by atoms with E-state index < -0.39 is 0 Å². The number of para-hydroxylation sites is 1. The first-order chi connectivity index (χ1) is 14.7. The zero-order valence-corrected chi connectivity index (χ0v) is 17.5. The SMILES string of the molecule is CCCOc1ccccc1/C=N\NC(=O)CSc1nnnn1-c1ccc(OC)cc1. The quantitative estimate of drug-likeness (QED) is 0.302. The maximum absolute atomic E-state index is 12.1. The highest BCUT2D eigenvalue weighted by Crippen LogP contribution is 2.20. The molecule has 0 atom stereocenters. The molecule has 1 amide bonds. The number of tetrazole rings is 1. The number of carbonyl (C=O) groups is 1. The number of nitrogens with one attached hydrogen (secondary N) is 1. The van der Waals surface area contributed by atoms with Crippen molar-refractivity contribution in [2.75, 3.05) is 19.5 Å². The van der Waals surface area contributed by atoms with Crippen molar-refractivity contribution in [3.05, 3.63) is 54.1 Å². The number of nitrogens with zero attached hydrogens (tertiary/aromatic N) is 5. The Bertz CT molecular complexity index is 990. The summed E-state index contributed by atoms with van der Waals surface area (Å²) >= 11 is 1.21. The third-order valence-corrected chi connectivity index (χ3v) is 4.78. The first-order valence-electron chi connectivity index (χ1n) is 9.30. The molecule has 3 aromatic rings. The van der Waals surface area contributed by atoms with Crippen LogP contribution in [0.5, 0.6) is 11.5 Å². The molecule has 0 aliphatic carbocycles. The van der Waals surface area contributed by atoms with E-state index in [2.05, 4.69) is 26.1 Å². The van der Waals surface area contributed by atoms with Gasteiger partial charge in [-0.25, -0.2) is 5.43 Å². The molecule has 10 heteroatoms. The van der Waals surface area contributed by atoms with Gasteiger partial charge in [-0.2, -0.15) is 9.78 Å². The number of hydrazone groups is 1. The largest absolute Gasteiger partial charge is 0.497 e. The average molecular weight is 427 g/mol. The Hall–Kier alpha value is -3.40. The lowest BCUT2D eigenvalue weighted by molar-refractivity contribution is -0.118. The van der Waals surface area contributed by atoms with Crippen molar-refractivity contribution < 1.29 is 14.3 Å². The van der Waals surface area contributed by atoms with E-state index in [0.29, 0.717) is 11.8 Å². The van der Waals surface area contributed by atoms with Crippen molar-refractivity contribution in [3.8, 4) is 17.2 Å². The van der Waals surface area contributed by atoms with Crippen LogP contribution in [0.2, 0.25) is 0 Å². The van der Waals surface area contributed by atoms with Crippen LogP contribution in [0.4, 0.5) is 0 Å². The van der Waals surface area contributed by atoms with Gasteiger partial charge >= 0.3 is 0 Å². The predicted molar refractivity (Wildman–Crippen MR) is 114 cm³/mol. The molecule has 0 saturated heterocycles. The number of hydrogen-bond donors (Lipinski definition) is 1. The zero-order valence-electron chi connectivity index (χ0n) is 16.7. The van der Waals surface area contributed by atoms with Gasteiger partial charge < -0.3 is 9.47 Å². The number of hydrogen-bond acceptors (Lipinski definition) is 8. The molecule has 30 heavy (non-hydrogen) atoms. The molecule has 1 heterocycles. The molecule has 2 aromatic carbocycles. The average Bonchev–Trinajstić information content (AvgIpc) is 3.26. The topological polar surface area (TPSA) is 104 Å². The minimum Gasteiger partial charge on any atom is -0.497 e. The number of amides is 1. The second-order valence-electron chi connectivity index (χ2n) is 6.04. The van der Waals surface area contributed by atoms with Crippen LogP contribution >= 0.6 is 11.8 Å². The molecule has 0 aliphatic heterocycles. The van der Waals surface area contributed by atoms with Gasteiger partial charge in [-0.1, -0.05) is 30.8 Å². The van der Waals surface area contributed by atoms with Gasteiger partial charge in [-0.3, -0.25) is 4.79 Å². The normalized spacial score (nSPS) is 10.9. The van der Waals surface area contributed by atoms with Gasteiger partial charge in [0.25, 0.3) is 5.91 Å². The number of carbonyl (C=O) groups excluding carboxylic acids is 1. The fourth-order valence-corrected chi connectivity index (χ4v) is 3.10. The molecule has 0 bridgehead atoms. The monoisotopic (exact) mass is 426 g/mol. The Morgan fingerprint density at radius 3 is 2.80 bits per heavy atom. The Kier molecular flexibility index (Phi) is 7.78. The van der Waals surface area contributed by atoms with E-state index >= 15 is 0 Å². The summed E-state index contributed by atoms with van der Waals surface area (Å²) in [5.41, 5.74) is 4.07. The van der Waals surface area contributed by atoms with E-state index in [9.17, 15) is 4.79 Å². The molecular weight excluding hydrogens is 404 g/mol. The maximum Gasteiger partial charge on any atom is 0.250 e. The number of methoxy groups -OCH3 is 1. The van der Waals surface area contributed by atoms with Crippen LogP contribution in [0.15, 0.2) is 58.8 Å². The fourth-order valence-electron chi connectivity index (χ4n) is 2.42. The van der Waals surface area contributed by atoms with Gasteiger partial charge in [0.15, 0.2) is 0 Å². The Labute approximate surface area is 178 Å². The van der Waals surface area contributed by atoms with E-state index in [1.165, 1.54) is 11.8 Å². The number of aromatic nitrogens is 4. The molecule has 9 nitrogen and oxygen atoms in total. The predicted octanol–water partition coefficient (Wildman–Crippen LogP) is 2.70. The zero-order chi connectivity index (χ0) is 21.2. The van der Waals surface area contributed by atoms with Crippen LogP contribution in [0, 0.1) is 0 Å². The van der Waals surface area contributed by atoms with Crippen LogP contribution in [-0.4, -0.2) is 51.8 Å². The molecule has 0 saturated carbocycles. The lowest BCUT2D eigenvalue weighted by Gasteiger charge is -2.07. The molecule has 1 N–H and O–H groups in total. The van der Waals surface area contributed by atoms with Crippen molar-refractivity contribution in [1.82, 2.24) is 25.6 Å². The fraction of sp³-hybridized carbons (Fsp3) is 0.250. The number of benzene rings is 2. The lowest BCUT2D eigenvalue weighted by atomic mass is 10.2. The van der Waals surface area contributed by atoms with Gasteiger partial charge in [-0.15, -0.1) is 5.10 Å². The van der Waals surface area contributed by atoms with E-state index in [-0.39, 0.29) is 11.7 Å². The second kappa shape index (κ2) is 11.0. The molecule has 0 fully saturated rings. The number of thioether (sulfide) groups is 1. The van der Waals surface area contributed by atoms with Crippen LogP contribution in [-0.2, 0) is 4.79 Å². The van der Waals surface area contributed by atoms with Crippen molar-refractivity contribution >= 4 is 23.9 Å². The minimum atomic E-state index is -0.271. The molecule has 156 valence electrons. The second-order valence-corrected chi connectivity index (χ2v) is 6.98. The van der Waals surface area contributed by atoms with Gasteiger partial charge in [0.1, 0.15) is 11.5 Å². The van der Waals surface area contributed by atoms with E-state index in [0.717, 1.165) is 29.2 Å². The Morgan fingerprint density at radius 2 is 2.03 bits per heavy atom. The molecular formula is C20H22N6O3S. The van der Waals surface area contributed by atoms with Crippen molar-refractivity contribution in [3.63, 3.8) is 0 Å². The summed E-state index contributed by atoms with van der Waals surface area (Å²) in [5, 5.41) is 16.2. The summed E-state index contributed by atoms with van der Waals surface area (Å²) in [6, 6.07) is 14.8. The maximum atomic E-state index is 12.1. The summed E-state index contributed by atoms with van der Waals surface area (Å²) in [7, 11) is 1.60.